The van der Waals surface area contributed by atoms with E-state index in [1.165, 1.54) is 18.6 Å². The molecule has 1 aliphatic carbocycles. The average molecular weight is 267 g/mol. The maximum atomic E-state index is 12.9. The molecule has 2 rings (SSSR count). The third kappa shape index (κ3) is 3.42. The fourth-order valence-corrected chi connectivity index (χ4v) is 2.45. The summed E-state index contributed by atoms with van der Waals surface area (Å²) in [5.74, 6) is -0.254. The van der Waals surface area contributed by atoms with E-state index in [0.29, 0.717) is 10.6 Å². The van der Waals surface area contributed by atoms with E-state index in [9.17, 15) is 9.18 Å². The molecule has 0 fully saturated rings. The normalized spacial score (nSPS) is 16.0. The van der Waals surface area contributed by atoms with E-state index < -0.39 is 0 Å². The van der Waals surface area contributed by atoms with E-state index in [-0.39, 0.29) is 18.0 Å². The van der Waals surface area contributed by atoms with Crippen molar-refractivity contribution in [1.29, 1.82) is 0 Å². The Kier molecular flexibility index (Phi) is 4.54. The fourth-order valence-electron chi connectivity index (χ4n) is 2.22. The van der Waals surface area contributed by atoms with Crippen molar-refractivity contribution in [2.45, 2.75) is 38.5 Å². The molecule has 0 atom stereocenters. The van der Waals surface area contributed by atoms with Gasteiger partial charge in [-0.05, 0) is 49.0 Å². The van der Waals surface area contributed by atoms with Gasteiger partial charge >= 0.3 is 0 Å². The lowest BCUT2D eigenvalue weighted by Gasteiger charge is -2.06. The van der Waals surface area contributed by atoms with Crippen molar-refractivity contribution in [1.82, 2.24) is 0 Å². The Morgan fingerprint density at radius 1 is 1.28 bits per heavy atom. The van der Waals surface area contributed by atoms with E-state index >= 15 is 0 Å². The van der Waals surface area contributed by atoms with Crippen LogP contribution in [0.1, 0.15) is 37.7 Å². The average Bonchev–Trinajstić information content (AvgIpc) is 2.61. The van der Waals surface area contributed by atoms with Crippen LogP contribution in [0.25, 0.3) is 0 Å². The van der Waals surface area contributed by atoms with Crippen LogP contribution in [-0.4, -0.2) is 5.78 Å². The Bertz CT molecular complexity index is 479. The van der Waals surface area contributed by atoms with E-state index in [4.69, 9.17) is 11.6 Å². The Labute approximate surface area is 112 Å². The number of carbonyl (C=O) groups is 1. The van der Waals surface area contributed by atoms with Gasteiger partial charge in [0, 0.05) is 11.4 Å². The summed E-state index contributed by atoms with van der Waals surface area (Å²) in [6.07, 6.45) is 7.58. The number of Topliss-reactive ketones (excluding diaryl/α,β-unsaturated/α-hetero) is 1. The summed E-state index contributed by atoms with van der Waals surface area (Å²) >= 11 is 5.93. The smallest absolute Gasteiger partial charge is 0.162 e. The quantitative estimate of drug-likeness (QED) is 0.788. The minimum absolute atomic E-state index is 0.116. The number of benzene rings is 1. The third-order valence-corrected chi connectivity index (χ3v) is 3.62. The molecule has 1 nitrogen and oxygen atoms in total. The van der Waals surface area contributed by atoms with Crippen LogP contribution in [-0.2, 0) is 11.2 Å². The third-order valence-electron chi connectivity index (χ3n) is 3.27. The molecule has 0 aromatic heterocycles. The molecule has 1 aromatic rings. The zero-order chi connectivity index (χ0) is 13.0. The summed E-state index contributed by atoms with van der Waals surface area (Å²) in [6, 6.07) is 4.19. The first kappa shape index (κ1) is 13.3. The predicted octanol–water partition coefficient (Wildman–Crippen LogP) is 4.48. The minimum Gasteiger partial charge on any atom is -0.294 e. The Balaban J connectivity index is 2.08. The molecule has 0 spiro atoms. The summed E-state index contributed by atoms with van der Waals surface area (Å²) in [6.45, 7) is 0. The number of hydrogen-bond donors (Lipinski definition) is 0. The number of carbonyl (C=O) groups excluding carboxylic acids is 1. The maximum Gasteiger partial charge on any atom is 0.162 e. The molecule has 0 heterocycles. The number of rotatable bonds is 3. The second-order valence-electron chi connectivity index (χ2n) is 4.66. The van der Waals surface area contributed by atoms with Gasteiger partial charge in [0.1, 0.15) is 5.82 Å². The van der Waals surface area contributed by atoms with Crippen molar-refractivity contribution in [3.63, 3.8) is 0 Å². The molecule has 0 unspecified atom stereocenters. The summed E-state index contributed by atoms with van der Waals surface area (Å²) in [5.41, 5.74) is 1.61. The summed E-state index contributed by atoms with van der Waals surface area (Å²) in [5, 5.41) is 0.331. The zero-order valence-corrected chi connectivity index (χ0v) is 11.0. The highest BCUT2D eigenvalue weighted by molar-refractivity contribution is 6.31. The number of hydrogen-bond acceptors (Lipinski definition) is 1. The maximum absolute atomic E-state index is 12.9. The van der Waals surface area contributed by atoms with E-state index in [1.807, 2.05) is 6.08 Å². The van der Waals surface area contributed by atoms with Gasteiger partial charge in [0.05, 0.1) is 0 Å². The van der Waals surface area contributed by atoms with Crippen LogP contribution in [0, 0.1) is 5.82 Å². The summed E-state index contributed by atoms with van der Waals surface area (Å²) in [4.78, 5) is 12.1. The first-order chi connectivity index (χ1) is 8.66. The van der Waals surface area contributed by atoms with Crippen LogP contribution < -0.4 is 0 Å². The predicted molar refractivity (Wildman–Crippen MR) is 71.3 cm³/mol. The lowest BCUT2D eigenvalue weighted by Crippen LogP contribution is -2.07. The monoisotopic (exact) mass is 266 g/mol. The van der Waals surface area contributed by atoms with E-state index in [0.717, 1.165) is 31.3 Å². The Morgan fingerprint density at radius 3 is 2.89 bits per heavy atom. The van der Waals surface area contributed by atoms with Gasteiger partial charge in [-0.15, -0.1) is 0 Å². The standard InChI is InChI=1S/C15H16ClFO/c16-14-10-13(17)8-7-12(14)9-15(18)11-5-3-1-2-4-6-11/h5,7-8,10H,1-4,6,9H2. The first-order valence-electron chi connectivity index (χ1n) is 6.33. The van der Waals surface area contributed by atoms with Crippen molar-refractivity contribution in [2.75, 3.05) is 0 Å². The molecule has 1 aliphatic rings. The van der Waals surface area contributed by atoms with Crippen LogP contribution >= 0.6 is 11.6 Å². The van der Waals surface area contributed by atoms with Crippen molar-refractivity contribution in [3.05, 3.63) is 46.3 Å². The molecule has 0 saturated heterocycles. The van der Waals surface area contributed by atoms with Crippen LogP contribution in [0.15, 0.2) is 29.8 Å². The molecule has 0 N–H and O–H groups in total. The van der Waals surface area contributed by atoms with Gasteiger partial charge < -0.3 is 0 Å². The Hall–Kier alpha value is -1.15. The highest BCUT2D eigenvalue weighted by atomic mass is 35.5. The molecule has 0 amide bonds. The minimum atomic E-state index is -0.370. The SMILES string of the molecule is O=C(Cc1ccc(F)cc1Cl)C1=CCCCCC1. The van der Waals surface area contributed by atoms with Gasteiger partial charge in [-0.2, -0.15) is 0 Å². The van der Waals surface area contributed by atoms with Crippen molar-refractivity contribution < 1.29 is 9.18 Å². The lowest BCUT2D eigenvalue weighted by molar-refractivity contribution is -0.115. The lowest BCUT2D eigenvalue weighted by atomic mass is 9.99. The van der Waals surface area contributed by atoms with Gasteiger partial charge in [-0.25, -0.2) is 4.39 Å². The number of allylic oxidation sites excluding steroid dienone is 2. The highest BCUT2D eigenvalue weighted by Crippen LogP contribution is 2.22. The van der Waals surface area contributed by atoms with E-state index in [2.05, 4.69) is 0 Å². The topological polar surface area (TPSA) is 17.1 Å². The molecular weight excluding hydrogens is 251 g/mol. The van der Waals surface area contributed by atoms with E-state index in [1.54, 1.807) is 6.07 Å². The summed E-state index contributed by atoms with van der Waals surface area (Å²) < 4.78 is 12.9. The van der Waals surface area contributed by atoms with Gasteiger partial charge in [0.25, 0.3) is 0 Å². The molecule has 18 heavy (non-hydrogen) atoms. The van der Waals surface area contributed by atoms with Gasteiger partial charge in [0.2, 0.25) is 0 Å². The van der Waals surface area contributed by atoms with Crippen molar-refractivity contribution >= 4 is 17.4 Å². The van der Waals surface area contributed by atoms with Crippen LogP contribution in [0.5, 0.6) is 0 Å². The van der Waals surface area contributed by atoms with Gasteiger partial charge in [0.15, 0.2) is 5.78 Å². The molecule has 96 valence electrons. The highest BCUT2D eigenvalue weighted by Gasteiger charge is 2.14. The molecule has 0 bridgehead atoms. The van der Waals surface area contributed by atoms with Gasteiger partial charge in [-0.3, -0.25) is 4.79 Å². The summed E-state index contributed by atoms with van der Waals surface area (Å²) in [7, 11) is 0. The zero-order valence-electron chi connectivity index (χ0n) is 10.2. The Morgan fingerprint density at radius 2 is 2.11 bits per heavy atom. The second-order valence-corrected chi connectivity index (χ2v) is 5.07. The van der Waals surface area contributed by atoms with Gasteiger partial charge in [-0.1, -0.05) is 30.2 Å². The van der Waals surface area contributed by atoms with Crippen LogP contribution in [0.4, 0.5) is 4.39 Å². The molecule has 3 heteroatoms. The van der Waals surface area contributed by atoms with Crippen molar-refractivity contribution in [3.8, 4) is 0 Å². The number of halogens is 2. The number of ketones is 1. The molecule has 0 saturated carbocycles. The molecular formula is C15H16ClFO. The van der Waals surface area contributed by atoms with Crippen LogP contribution in [0.2, 0.25) is 5.02 Å². The molecule has 1 aromatic carbocycles. The molecule has 0 radical (unpaired) electrons. The largest absolute Gasteiger partial charge is 0.294 e. The fraction of sp³-hybridized carbons (Fsp3) is 0.400. The molecule has 0 aliphatic heterocycles. The second kappa shape index (κ2) is 6.14. The first-order valence-corrected chi connectivity index (χ1v) is 6.71. The van der Waals surface area contributed by atoms with Crippen LogP contribution in [0.3, 0.4) is 0 Å². The van der Waals surface area contributed by atoms with Crippen molar-refractivity contribution in [2.24, 2.45) is 0 Å².